The van der Waals surface area contributed by atoms with Gasteiger partial charge < -0.3 is 10.7 Å². The normalized spacial score (nSPS) is 11.7. The van der Waals surface area contributed by atoms with E-state index in [1.165, 1.54) is 22.5 Å². The van der Waals surface area contributed by atoms with E-state index in [0.29, 0.717) is 17.4 Å². The van der Waals surface area contributed by atoms with Crippen LogP contribution in [0.4, 0.5) is 5.69 Å². The van der Waals surface area contributed by atoms with Crippen molar-refractivity contribution in [1.82, 2.24) is 4.31 Å². The lowest BCUT2D eigenvalue weighted by Crippen LogP contribution is -2.70. The molecule has 0 saturated heterocycles. The molecule has 0 saturated carbocycles. The summed E-state index contributed by atoms with van der Waals surface area (Å²) < 4.78 is 26.1. The predicted octanol–water partition coefficient (Wildman–Crippen LogP) is 0.951. The molecule has 1 rings (SSSR count). The first-order valence-electron chi connectivity index (χ1n) is 5.29. The summed E-state index contributed by atoms with van der Waals surface area (Å²) in [6, 6.07) is 6.15. The van der Waals surface area contributed by atoms with Crippen molar-refractivity contribution < 1.29 is 13.9 Å². The van der Waals surface area contributed by atoms with E-state index < -0.39 is 10.0 Å². The number of rotatable bonds is 7. The van der Waals surface area contributed by atoms with Crippen LogP contribution < -0.4 is 5.48 Å². The molecule has 0 unspecified atom stereocenters. The van der Waals surface area contributed by atoms with E-state index in [2.05, 4.69) is 22.5 Å². The second-order valence-electron chi connectivity index (χ2n) is 3.50. The van der Waals surface area contributed by atoms with E-state index >= 15 is 0 Å². The first-order valence-corrected chi connectivity index (χ1v) is 7.85. The van der Waals surface area contributed by atoms with Crippen LogP contribution in [0.3, 0.4) is 0 Å². The van der Waals surface area contributed by atoms with E-state index in [-0.39, 0.29) is 17.1 Å². The highest BCUT2D eigenvalue weighted by Gasteiger charge is 2.26. The van der Waals surface area contributed by atoms with Crippen LogP contribution >= 0.6 is 15.9 Å². The zero-order valence-corrected chi connectivity index (χ0v) is 12.2. The minimum atomic E-state index is -3.67. The van der Waals surface area contributed by atoms with Crippen LogP contribution in [0.15, 0.2) is 41.8 Å². The molecule has 0 spiro atoms. The molecule has 2 N–H and O–H groups in total. The van der Waals surface area contributed by atoms with E-state index in [9.17, 15) is 13.6 Å². The van der Waals surface area contributed by atoms with Crippen LogP contribution in [0.1, 0.15) is 0 Å². The van der Waals surface area contributed by atoms with Crippen molar-refractivity contribution in [1.29, 1.82) is 0 Å². The lowest BCUT2D eigenvalue weighted by atomic mass is 10.3. The summed E-state index contributed by atoms with van der Waals surface area (Å²) in [5.74, 6) is 0. The van der Waals surface area contributed by atoms with Crippen molar-refractivity contribution in [2.45, 2.75) is 4.90 Å². The van der Waals surface area contributed by atoms with Crippen molar-refractivity contribution in [2.24, 2.45) is 0 Å². The fraction of sp³-hybridized carbons (Fsp3) is 0.273. The van der Waals surface area contributed by atoms with Gasteiger partial charge in [-0.1, -0.05) is 34.1 Å². The monoisotopic (exact) mass is 334 g/mol. The molecule has 0 atom stereocenters. The number of sulfonamides is 1. The van der Waals surface area contributed by atoms with Crippen molar-refractivity contribution >= 4 is 31.6 Å². The molecule has 5 nitrogen and oxygen atoms in total. The third-order valence-electron chi connectivity index (χ3n) is 2.33. The van der Waals surface area contributed by atoms with E-state index in [1.807, 2.05) is 0 Å². The molecule has 0 bridgehead atoms. The number of halogens is 1. The maximum absolute atomic E-state index is 12.4. The molecule has 0 amide bonds. The zero-order valence-electron chi connectivity index (χ0n) is 9.75. The summed E-state index contributed by atoms with van der Waals surface area (Å²) >= 11 is 3.21. The zero-order chi connectivity index (χ0) is 13.6. The Morgan fingerprint density at radius 1 is 1.44 bits per heavy atom. The average Bonchev–Trinajstić information content (AvgIpc) is 2.38. The molecular weight excluding hydrogens is 320 g/mol. The Balaban J connectivity index is 3.21. The molecule has 0 fully saturated rings. The Hall–Kier alpha value is -0.730. The molecule has 18 heavy (non-hydrogen) atoms. The van der Waals surface area contributed by atoms with Crippen LogP contribution in [-0.2, 0) is 10.0 Å². The Bertz CT molecular complexity index is 505. The quantitative estimate of drug-likeness (QED) is 0.349. The topological polar surface area (TPSA) is 77.0 Å². The summed E-state index contributed by atoms with van der Waals surface area (Å²) in [5, 5.41) is 11.4. The summed E-state index contributed by atoms with van der Waals surface area (Å²) in [6.07, 6.45) is 1.52. The van der Waals surface area contributed by atoms with Crippen LogP contribution in [0.5, 0.6) is 0 Å². The highest BCUT2D eigenvalue weighted by molar-refractivity contribution is 9.09. The Morgan fingerprint density at radius 3 is 2.67 bits per heavy atom. The number of quaternary nitrogens is 1. The number of benzene rings is 1. The summed E-state index contributed by atoms with van der Waals surface area (Å²) in [6.45, 7) is 4.07. The van der Waals surface area contributed by atoms with Crippen LogP contribution in [0.2, 0.25) is 0 Å². The lowest BCUT2D eigenvalue weighted by molar-refractivity contribution is -0.499. The lowest BCUT2D eigenvalue weighted by Gasteiger charge is -2.20. The van der Waals surface area contributed by atoms with Gasteiger partial charge in [-0.15, -0.1) is 6.58 Å². The van der Waals surface area contributed by atoms with Crippen molar-refractivity contribution in [2.75, 3.05) is 18.4 Å². The van der Waals surface area contributed by atoms with Crippen molar-refractivity contribution in [3.05, 3.63) is 42.1 Å². The molecule has 100 valence electrons. The van der Waals surface area contributed by atoms with Gasteiger partial charge in [0.2, 0.25) is 10.0 Å². The van der Waals surface area contributed by atoms with Gasteiger partial charge in [-0.25, -0.2) is 8.42 Å². The van der Waals surface area contributed by atoms with Gasteiger partial charge >= 0.3 is 0 Å². The molecular formula is C11H15BrN2O3S. The smallest absolute Gasteiger partial charge is 0.249 e. The second kappa shape index (κ2) is 7.01. The molecule has 0 radical (unpaired) electrons. The van der Waals surface area contributed by atoms with Crippen molar-refractivity contribution in [3.63, 3.8) is 0 Å². The van der Waals surface area contributed by atoms with Gasteiger partial charge in [-0.05, 0) is 6.07 Å². The van der Waals surface area contributed by atoms with Gasteiger partial charge in [0.25, 0.3) is 0 Å². The van der Waals surface area contributed by atoms with E-state index in [4.69, 9.17) is 0 Å². The number of nitrogens with zero attached hydrogens (tertiary/aromatic N) is 1. The molecule has 0 aliphatic heterocycles. The summed E-state index contributed by atoms with van der Waals surface area (Å²) in [5.41, 5.74) is 0.716. The number of hydrogen-bond donors (Lipinski definition) is 1. The molecule has 0 aromatic heterocycles. The highest BCUT2D eigenvalue weighted by Crippen LogP contribution is 2.21. The van der Waals surface area contributed by atoms with Crippen molar-refractivity contribution in [3.8, 4) is 0 Å². The Kier molecular flexibility index (Phi) is 5.97. The highest BCUT2D eigenvalue weighted by atomic mass is 79.9. The fourth-order valence-electron chi connectivity index (χ4n) is 1.50. The molecule has 0 aliphatic carbocycles. The maximum Gasteiger partial charge on any atom is 0.249 e. The first-order chi connectivity index (χ1) is 8.57. The molecule has 0 aliphatic rings. The average molecular weight is 335 g/mol. The van der Waals surface area contributed by atoms with Crippen LogP contribution in [0, 0.1) is 5.21 Å². The van der Waals surface area contributed by atoms with Gasteiger partial charge in [-0.3, -0.25) is 0 Å². The number of alkyl halides is 1. The number of nitrogens with two attached hydrogens (primary N) is 1. The van der Waals surface area contributed by atoms with Gasteiger partial charge in [0.05, 0.1) is 0 Å². The van der Waals surface area contributed by atoms with Gasteiger partial charge in [0.1, 0.15) is 10.6 Å². The Labute approximate surface area is 115 Å². The van der Waals surface area contributed by atoms with Crippen LogP contribution in [0.25, 0.3) is 0 Å². The third-order valence-corrected chi connectivity index (χ3v) is 4.62. The molecule has 1 aromatic carbocycles. The minimum absolute atomic E-state index is 0.0304. The maximum atomic E-state index is 12.4. The molecule has 1 aromatic rings. The van der Waals surface area contributed by atoms with Crippen LogP contribution in [-0.4, -0.2) is 31.1 Å². The van der Waals surface area contributed by atoms with Gasteiger partial charge in [0, 0.05) is 24.5 Å². The summed E-state index contributed by atoms with van der Waals surface area (Å²) in [7, 11) is -3.67. The summed E-state index contributed by atoms with van der Waals surface area (Å²) in [4.78, 5) is 0.0304. The number of hydrogen-bond acceptors (Lipinski definition) is 3. The minimum Gasteiger partial charge on any atom is -0.630 e. The van der Waals surface area contributed by atoms with E-state index in [1.54, 1.807) is 12.1 Å². The first kappa shape index (κ1) is 15.3. The standard InChI is InChI=1S/C11H15BrN2O3S/c1-2-8-14(9-7-12)18(16,17)11-6-4-3-5-10(11)13-15/h2-6H,1,7-9,13H2. The Morgan fingerprint density at radius 2 is 2.11 bits per heavy atom. The van der Waals surface area contributed by atoms with E-state index in [0.717, 1.165) is 0 Å². The largest absolute Gasteiger partial charge is 0.630 e. The predicted molar refractivity (Wildman–Crippen MR) is 74.1 cm³/mol. The third kappa shape index (κ3) is 3.39. The van der Waals surface area contributed by atoms with Gasteiger partial charge in [-0.2, -0.15) is 4.31 Å². The van der Waals surface area contributed by atoms with Gasteiger partial charge in [0.15, 0.2) is 0 Å². The second-order valence-corrected chi connectivity index (χ2v) is 6.20. The molecule has 7 heteroatoms. The SMILES string of the molecule is C=CCN(CCBr)S(=O)(=O)c1ccccc1[NH2+][O-]. The fourth-order valence-corrected chi connectivity index (χ4v) is 3.74. The molecule has 0 heterocycles.